The zero-order valence-corrected chi connectivity index (χ0v) is 20.5. The van der Waals surface area contributed by atoms with E-state index in [0.717, 1.165) is 49.5 Å². The number of likely N-dealkylation sites (tertiary alicyclic amines) is 1. The molecule has 0 spiro atoms. The van der Waals surface area contributed by atoms with Gasteiger partial charge in [-0.3, -0.25) is 0 Å². The van der Waals surface area contributed by atoms with Gasteiger partial charge < -0.3 is 20.2 Å². The molecule has 0 aromatic heterocycles. The highest BCUT2D eigenvalue weighted by Crippen LogP contribution is 2.59. The molecule has 1 aliphatic heterocycles. The fourth-order valence-corrected chi connectivity index (χ4v) is 7.43. The van der Waals surface area contributed by atoms with Crippen LogP contribution in [0.3, 0.4) is 0 Å². The van der Waals surface area contributed by atoms with Crippen molar-refractivity contribution in [3.63, 3.8) is 0 Å². The standard InChI is InChI=1S/C28H45NO3/c1-19(18-29-14-12-27(3,32)13-15-29)24-9-10-25-21(6-5-11-28(24,25)4)7-8-22-16-23(30)17-26(31)20(22)2/h7-8,19,23-26,30-32H,2,5-6,9-18H2,1,3-4H3/b21-7+,22-8-/t19?,23-,24-,25+,26+,28-/m1/s1. The van der Waals surface area contributed by atoms with E-state index < -0.39 is 17.8 Å². The molecular weight excluding hydrogens is 398 g/mol. The summed E-state index contributed by atoms with van der Waals surface area (Å²) < 4.78 is 0. The lowest BCUT2D eigenvalue weighted by Gasteiger charge is -2.46. The van der Waals surface area contributed by atoms with E-state index in [1.54, 1.807) is 5.57 Å². The topological polar surface area (TPSA) is 63.9 Å². The number of allylic oxidation sites excluding steroid dienone is 3. The Kier molecular flexibility index (Phi) is 7.08. The fourth-order valence-electron chi connectivity index (χ4n) is 7.43. The molecule has 3 saturated carbocycles. The van der Waals surface area contributed by atoms with E-state index in [4.69, 9.17) is 0 Å². The highest BCUT2D eigenvalue weighted by molar-refractivity contribution is 5.38. The van der Waals surface area contributed by atoms with Gasteiger partial charge in [0, 0.05) is 26.1 Å². The smallest absolute Gasteiger partial charge is 0.0811 e. The van der Waals surface area contributed by atoms with Crippen molar-refractivity contribution in [2.45, 2.75) is 96.4 Å². The van der Waals surface area contributed by atoms with Crippen LogP contribution in [0, 0.1) is 23.2 Å². The van der Waals surface area contributed by atoms with E-state index in [1.807, 2.05) is 6.92 Å². The lowest BCUT2D eigenvalue weighted by atomic mass is 9.61. The predicted molar refractivity (Wildman–Crippen MR) is 130 cm³/mol. The van der Waals surface area contributed by atoms with Crippen LogP contribution in [0.4, 0.5) is 0 Å². The molecule has 0 bridgehead atoms. The molecule has 4 rings (SSSR count). The molecular formula is C28H45NO3. The van der Waals surface area contributed by atoms with E-state index in [2.05, 4.69) is 37.5 Å². The van der Waals surface area contributed by atoms with Gasteiger partial charge >= 0.3 is 0 Å². The molecule has 0 aromatic carbocycles. The Morgan fingerprint density at radius 1 is 1.12 bits per heavy atom. The van der Waals surface area contributed by atoms with Crippen molar-refractivity contribution in [1.29, 1.82) is 0 Å². The summed E-state index contributed by atoms with van der Waals surface area (Å²) in [5, 5.41) is 30.5. The number of aliphatic hydroxyl groups excluding tert-OH is 2. The third kappa shape index (κ3) is 4.94. The molecule has 0 aromatic rings. The first-order chi connectivity index (χ1) is 15.1. The molecule has 3 aliphatic carbocycles. The Labute approximate surface area is 195 Å². The third-order valence-corrected chi connectivity index (χ3v) is 9.47. The molecule has 6 atom stereocenters. The van der Waals surface area contributed by atoms with Crippen LogP contribution >= 0.6 is 0 Å². The second-order valence-corrected chi connectivity index (χ2v) is 11.9. The maximum Gasteiger partial charge on any atom is 0.0811 e. The van der Waals surface area contributed by atoms with Crippen molar-refractivity contribution in [2.24, 2.45) is 23.2 Å². The summed E-state index contributed by atoms with van der Waals surface area (Å²) in [6, 6.07) is 0. The van der Waals surface area contributed by atoms with Crippen molar-refractivity contribution < 1.29 is 15.3 Å². The van der Waals surface area contributed by atoms with Gasteiger partial charge in [0.2, 0.25) is 0 Å². The van der Waals surface area contributed by atoms with Gasteiger partial charge in [-0.25, -0.2) is 0 Å². The van der Waals surface area contributed by atoms with Crippen LogP contribution in [0.2, 0.25) is 0 Å². The summed E-state index contributed by atoms with van der Waals surface area (Å²) in [6.45, 7) is 14.2. The molecule has 4 nitrogen and oxygen atoms in total. The summed E-state index contributed by atoms with van der Waals surface area (Å²) in [5.41, 5.74) is 3.25. The maximum absolute atomic E-state index is 10.3. The van der Waals surface area contributed by atoms with E-state index in [-0.39, 0.29) is 0 Å². The highest BCUT2D eigenvalue weighted by atomic mass is 16.3. The van der Waals surface area contributed by atoms with Gasteiger partial charge in [0.05, 0.1) is 17.8 Å². The van der Waals surface area contributed by atoms with Gasteiger partial charge in [-0.05, 0) is 92.6 Å². The quantitative estimate of drug-likeness (QED) is 0.594. The largest absolute Gasteiger partial charge is 0.393 e. The first-order valence-corrected chi connectivity index (χ1v) is 13.0. The number of aliphatic hydroxyl groups is 3. The van der Waals surface area contributed by atoms with Gasteiger partial charge in [-0.1, -0.05) is 38.2 Å². The monoisotopic (exact) mass is 443 g/mol. The number of nitrogens with zero attached hydrogens (tertiary/aromatic N) is 1. The summed E-state index contributed by atoms with van der Waals surface area (Å²) in [5.74, 6) is 2.07. The van der Waals surface area contributed by atoms with E-state index >= 15 is 0 Å². The normalized spacial score (nSPS) is 41.8. The van der Waals surface area contributed by atoms with E-state index in [0.29, 0.717) is 30.1 Å². The Morgan fingerprint density at radius 2 is 1.84 bits per heavy atom. The van der Waals surface area contributed by atoms with Crippen LogP contribution < -0.4 is 0 Å². The second kappa shape index (κ2) is 9.37. The summed E-state index contributed by atoms with van der Waals surface area (Å²) in [6.07, 6.45) is 12.5. The van der Waals surface area contributed by atoms with Gasteiger partial charge in [-0.15, -0.1) is 0 Å². The van der Waals surface area contributed by atoms with E-state index in [1.165, 1.54) is 32.1 Å². The molecule has 180 valence electrons. The minimum Gasteiger partial charge on any atom is -0.393 e. The zero-order chi connectivity index (χ0) is 23.1. The lowest BCUT2D eigenvalue weighted by molar-refractivity contribution is -0.0145. The molecule has 0 radical (unpaired) electrons. The SMILES string of the molecule is C=C1/C(=C\C=C2/CCC[C@]3(C)[C@@H](C(C)CN4CCC(C)(O)CC4)CC[C@@H]23)C[C@@H](O)C[C@@H]1O. The molecule has 0 amide bonds. The molecule has 4 fully saturated rings. The number of piperidine rings is 1. The average Bonchev–Trinajstić information content (AvgIpc) is 3.08. The first kappa shape index (κ1) is 24.2. The molecule has 1 saturated heterocycles. The van der Waals surface area contributed by atoms with Gasteiger partial charge in [0.25, 0.3) is 0 Å². The number of rotatable bonds is 4. The van der Waals surface area contributed by atoms with Crippen molar-refractivity contribution in [2.75, 3.05) is 19.6 Å². The molecule has 1 unspecified atom stereocenters. The van der Waals surface area contributed by atoms with Crippen molar-refractivity contribution in [3.8, 4) is 0 Å². The Hall–Kier alpha value is -0.940. The molecule has 4 aliphatic rings. The number of hydrogen-bond acceptors (Lipinski definition) is 4. The minimum atomic E-state index is -0.616. The van der Waals surface area contributed by atoms with Crippen LogP contribution in [0.1, 0.15) is 78.6 Å². The Bertz CT molecular complexity index is 759. The third-order valence-electron chi connectivity index (χ3n) is 9.47. The molecule has 32 heavy (non-hydrogen) atoms. The van der Waals surface area contributed by atoms with Crippen LogP contribution in [0.5, 0.6) is 0 Å². The van der Waals surface area contributed by atoms with Gasteiger partial charge in [0.15, 0.2) is 0 Å². The molecule has 1 heterocycles. The van der Waals surface area contributed by atoms with Gasteiger partial charge in [-0.2, -0.15) is 0 Å². The van der Waals surface area contributed by atoms with Crippen LogP contribution in [0.25, 0.3) is 0 Å². The summed E-state index contributed by atoms with van der Waals surface area (Å²) in [7, 11) is 0. The van der Waals surface area contributed by atoms with Crippen LogP contribution in [-0.4, -0.2) is 57.7 Å². The van der Waals surface area contributed by atoms with Crippen molar-refractivity contribution >= 4 is 0 Å². The Morgan fingerprint density at radius 3 is 2.56 bits per heavy atom. The van der Waals surface area contributed by atoms with Crippen molar-refractivity contribution in [1.82, 2.24) is 4.90 Å². The van der Waals surface area contributed by atoms with E-state index in [9.17, 15) is 15.3 Å². The van der Waals surface area contributed by atoms with Crippen LogP contribution in [0.15, 0.2) is 35.5 Å². The van der Waals surface area contributed by atoms with Crippen molar-refractivity contribution in [3.05, 3.63) is 35.5 Å². The summed E-state index contributed by atoms with van der Waals surface area (Å²) in [4.78, 5) is 2.58. The molecule has 4 heteroatoms. The zero-order valence-electron chi connectivity index (χ0n) is 20.5. The number of fused-ring (bicyclic) bond motifs is 1. The predicted octanol–water partition coefficient (Wildman–Crippen LogP) is 4.61. The second-order valence-electron chi connectivity index (χ2n) is 11.9. The summed E-state index contributed by atoms with van der Waals surface area (Å²) >= 11 is 0. The highest BCUT2D eigenvalue weighted by Gasteiger charge is 2.50. The fraction of sp³-hybridized carbons (Fsp3) is 0.786. The minimum absolute atomic E-state index is 0.367. The first-order valence-electron chi connectivity index (χ1n) is 13.0. The van der Waals surface area contributed by atoms with Gasteiger partial charge in [0.1, 0.15) is 0 Å². The molecule has 3 N–H and O–H groups in total. The number of hydrogen-bond donors (Lipinski definition) is 3. The maximum atomic E-state index is 10.3. The average molecular weight is 444 g/mol. The Balaban J connectivity index is 1.44. The van der Waals surface area contributed by atoms with Crippen LogP contribution in [-0.2, 0) is 0 Å². The lowest BCUT2D eigenvalue weighted by Crippen LogP contribution is -2.46.